The van der Waals surface area contributed by atoms with Crippen LogP contribution in [0.15, 0.2) is 66.7 Å². The molecule has 0 unspecified atom stereocenters. The average Bonchev–Trinajstić information content (AvgIpc) is 3.31. The molecule has 0 saturated carbocycles. The summed E-state index contributed by atoms with van der Waals surface area (Å²) in [7, 11) is 0. The molecule has 5 nitrogen and oxygen atoms in total. The van der Waals surface area contributed by atoms with Crippen LogP contribution in [-0.2, 0) is 13.0 Å². The van der Waals surface area contributed by atoms with Gasteiger partial charge in [0.05, 0.1) is 24.2 Å². The van der Waals surface area contributed by atoms with Crippen LogP contribution in [0.1, 0.15) is 45.6 Å². The van der Waals surface area contributed by atoms with Gasteiger partial charge in [-0.05, 0) is 80.0 Å². The fourth-order valence-corrected chi connectivity index (χ4v) is 4.74. The molecule has 0 spiro atoms. The van der Waals surface area contributed by atoms with E-state index in [2.05, 4.69) is 54.5 Å². The van der Waals surface area contributed by atoms with Crippen molar-refractivity contribution in [1.82, 2.24) is 14.5 Å². The summed E-state index contributed by atoms with van der Waals surface area (Å²) in [5.41, 5.74) is 4.42. The van der Waals surface area contributed by atoms with E-state index in [4.69, 9.17) is 26.1 Å². The van der Waals surface area contributed by atoms with E-state index >= 15 is 0 Å². The number of hydrogen-bond donors (Lipinski definition) is 0. The van der Waals surface area contributed by atoms with Crippen LogP contribution in [0, 0.1) is 0 Å². The van der Waals surface area contributed by atoms with Crippen molar-refractivity contribution in [2.45, 2.75) is 53.0 Å². The first-order chi connectivity index (χ1) is 18.6. The lowest BCUT2D eigenvalue weighted by Gasteiger charge is -2.17. The van der Waals surface area contributed by atoms with E-state index < -0.39 is 0 Å². The molecule has 6 heteroatoms. The van der Waals surface area contributed by atoms with Crippen LogP contribution < -0.4 is 9.47 Å². The number of halogens is 1. The number of benzene rings is 3. The molecule has 4 rings (SSSR count). The summed E-state index contributed by atoms with van der Waals surface area (Å²) in [6, 6.07) is 22.4. The van der Waals surface area contributed by atoms with Crippen molar-refractivity contribution in [2.75, 3.05) is 32.8 Å². The summed E-state index contributed by atoms with van der Waals surface area (Å²) in [4.78, 5) is 7.43. The van der Waals surface area contributed by atoms with Crippen molar-refractivity contribution in [3.05, 3.63) is 77.3 Å². The lowest BCUT2D eigenvalue weighted by molar-refractivity contribution is 0.249. The van der Waals surface area contributed by atoms with E-state index in [0.29, 0.717) is 6.61 Å². The zero-order valence-corrected chi connectivity index (χ0v) is 23.7. The van der Waals surface area contributed by atoms with Crippen LogP contribution in [0.4, 0.5) is 0 Å². The molecule has 3 aromatic carbocycles. The van der Waals surface area contributed by atoms with Gasteiger partial charge in [-0.1, -0.05) is 50.9 Å². The van der Waals surface area contributed by atoms with Crippen LogP contribution in [0.3, 0.4) is 0 Å². The van der Waals surface area contributed by atoms with E-state index in [1.54, 1.807) is 0 Å². The smallest absolute Gasteiger partial charge is 0.141 e. The van der Waals surface area contributed by atoms with Crippen LogP contribution in [0.5, 0.6) is 11.5 Å². The predicted molar refractivity (Wildman–Crippen MR) is 159 cm³/mol. The summed E-state index contributed by atoms with van der Waals surface area (Å²) in [5, 5.41) is 0.754. The second-order valence-corrected chi connectivity index (χ2v) is 10.0. The monoisotopic (exact) mass is 533 g/mol. The van der Waals surface area contributed by atoms with Crippen molar-refractivity contribution in [1.29, 1.82) is 0 Å². The maximum Gasteiger partial charge on any atom is 0.141 e. The summed E-state index contributed by atoms with van der Waals surface area (Å²) < 4.78 is 14.5. The van der Waals surface area contributed by atoms with Gasteiger partial charge in [0.25, 0.3) is 0 Å². The molecule has 4 aromatic rings. The molecule has 0 N–H and O–H groups in total. The molecule has 0 amide bonds. The standard InChI is InChI=1S/C32H40ClN3O2/c1-4-7-21-36-31-24-29(37-22-8-20-35(5-2)6-3)17-18-30(31)34-32(36)26-11-15-28(16-12-26)38-23-19-25-9-13-27(33)14-10-25/h9-18,24H,4-8,19-23H2,1-3H3. The summed E-state index contributed by atoms with van der Waals surface area (Å²) in [5.74, 6) is 2.75. The topological polar surface area (TPSA) is 39.5 Å². The SMILES string of the molecule is CCCCn1c(-c2ccc(OCCc3ccc(Cl)cc3)cc2)nc2ccc(OCCCN(CC)CC)cc21. The van der Waals surface area contributed by atoms with Crippen molar-refractivity contribution >= 4 is 22.6 Å². The molecule has 0 saturated heterocycles. The molecule has 0 aliphatic rings. The van der Waals surface area contributed by atoms with E-state index in [1.165, 1.54) is 5.56 Å². The molecular weight excluding hydrogens is 494 g/mol. The Morgan fingerprint density at radius 3 is 2.24 bits per heavy atom. The Morgan fingerprint density at radius 1 is 0.816 bits per heavy atom. The van der Waals surface area contributed by atoms with Gasteiger partial charge in [0.1, 0.15) is 17.3 Å². The molecule has 0 atom stereocenters. The van der Waals surface area contributed by atoms with Gasteiger partial charge >= 0.3 is 0 Å². The molecule has 1 aromatic heterocycles. The van der Waals surface area contributed by atoms with Crippen LogP contribution in [0.25, 0.3) is 22.4 Å². The van der Waals surface area contributed by atoms with E-state index in [-0.39, 0.29) is 0 Å². The number of aryl methyl sites for hydroxylation is 1. The zero-order chi connectivity index (χ0) is 26.7. The van der Waals surface area contributed by atoms with Crippen LogP contribution in [0.2, 0.25) is 5.02 Å². The number of fused-ring (bicyclic) bond motifs is 1. The van der Waals surface area contributed by atoms with Gasteiger partial charge < -0.3 is 18.9 Å². The first-order valence-corrected chi connectivity index (χ1v) is 14.3. The minimum atomic E-state index is 0.619. The Kier molecular flexibility index (Phi) is 10.5. The maximum atomic E-state index is 6.13. The molecule has 1 heterocycles. The highest BCUT2D eigenvalue weighted by Gasteiger charge is 2.14. The molecule has 38 heavy (non-hydrogen) atoms. The van der Waals surface area contributed by atoms with Gasteiger partial charge in [-0.2, -0.15) is 0 Å². The van der Waals surface area contributed by atoms with Crippen LogP contribution in [-0.4, -0.2) is 47.3 Å². The Morgan fingerprint density at radius 2 is 1.53 bits per heavy atom. The second kappa shape index (κ2) is 14.2. The third-order valence-electron chi connectivity index (χ3n) is 6.92. The molecule has 0 bridgehead atoms. The van der Waals surface area contributed by atoms with Gasteiger partial charge in [0, 0.05) is 36.2 Å². The quantitative estimate of drug-likeness (QED) is 0.146. The normalized spacial score (nSPS) is 11.4. The fourth-order valence-electron chi connectivity index (χ4n) is 4.61. The maximum absolute atomic E-state index is 6.13. The lowest BCUT2D eigenvalue weighted by Crippen LogP contribution is -2.25. The first-order valence-electron chi connectivity index (χ1n) is 13.9. The van der Waals surface area contributed by atoms with Gasteiger partial charge in [-0.3, -0.25) is 0 Å². The van der Waals surface area contributed by atoms with Crippen molar-refractivity contribution in [3.8, 4) is 22.9 Å². The second-order valence-electron chi connectivity index (χ2n) is 9.57. The molecular formula is C32H40ClN3O2. The Bertz CT molecular complexity index is 1260. The molecule has 202 valence electrons. The third kappa shape index (κ3) is 7.52. The number of rotatable bonds is 15. The lowest BCUT2D eigenvalue weighted by atomic mass is 10.1. The van der Waals surface area contributed by atoms with Gasteiger partial charge in [-0.15, -0.1) is 0 Å². The number of unbranched alkanes of at least 4 members (excludes halogenated alkanes) is 1. The Hall–Kier alpha value is -3.02. The van der Waals surface area contributed by atoms with Gasteiger partial charge in [-0.25, -0.2) is 4.98 Å². The highest BCUT2D eigenvalue weighted by Crippen LogP contribution is 2.29. The van der Waals surface area contributed by atoms with Gasteiger partial charge in [0.15, 0.2) is 0 Å². The number of ether oxygens (including phenoxy) is 2. The summed E-state index contributed by atoms with van der Waals surface area (Å²) in [6.45, 7) is 12.1. The number of hydrogen-bond acceptors (Lipinski definition) is 4. The zero-order valence-electron chi connectivity index (χ0n) is 23.0. The van der Waals surface area contributed by atoms with Gasteiger partial charge in [0.2, 0.25) is 0 Å². The van der Waals surface area contributed by atoms with Crippen molar-refractivity contribution < 1.29 is 9.47 Å². The molecule has 0 fully saturated rings. The average molecular weight is 534 g/mol. The van der Waals surface area contributed by atoms with E-state index in [1.807, 2.05) is 42.5 Å². The molecule has 0 aliphatic heterocycles. The first kappa shape index (κ1) is 28.0. The molecule has 0 aliphatic carbocycles. The van der Waals surface area contributed by atoms with Crippen molar-refractivity contribution in [3.63, 3.8) is 0 Å². The van der Waals surface area contributed by atoms with Crippen LogP contribution >= 0.6 is 11.6 Å². The summed E-state index contributed by atoms with van der Waals surface area (Å²) in [6.07, 6.45) is 4.08. The third-order valence-corrected chi connectivity index (χ3v) is 7.17. The summed E-state index contributed by atoms with van der Waals surface area (Å²) >= 11 is 5.98. The number of aromatic nitrogens is 2. The predicted octanol–water partition coefficient (Wildman–Crippen LogP) is 7.89. The Balaban J connectivity index is 1.44. The largest absolute Gasteiger partial charge is 0.493 e. The minimum absolute atomic E-state index is 0.619. The van der Waals surface area contributed by atoms with E-state index in [9.17, 15) is 0 Å². The minimum Gasteiger partial charge on any atom is -0.493 e. The highest BCUT2D eigenvalue weighted by molar-refractivity contribution is 6.30. The Labute approximate surface area is 232 Å². The fraction of sp³-hybridized carbons (Fsp3) is 0.406. The number of nitrogens with zero attached hydrogens (tertiary/aromatic N) is 3. The molecule has 0 radical (unpaired) electrons. The number of imidazole rings is 1. The highest BCUT2D eigenvalue weighted by atomic mass is 35.5. The van der Waals surface area contributed by atoms with Crippen molar-refractivity contribution in [2.24, 2.45) is 0 Å². The van der Waals surface area contributed by atoms with E-state index in [0.717, 1.165) is 97.4 Å².